The lowest BCUT2D eigenvalue weighted by Gasteiger charge is -2.26. The van der Waals surface area contributed by atoms with Crippen molar-refractivity contribution in [1.29, 1.82) is 0 Å². The summed E-state index contributed by atoms with van der Waals surface area (Å²) in [6, 6.07) is 27.1. The molecule has 0 bridgehead atoms. The number of hydrogen-bond acceptors (Lipinski definition) is 4. The van der Waals surface area contributed by atoms with Crippen LogP contribution in [0.15, 0.2) is 78.9 Å². The molecule has 4 aromatic rings. The predicted molar refractivity (Wildman–Crippen MR) is 158 cm³/mol. The van der Waals surface area contributed by atoms with Gasteiger partial charge in [0, 0.05) is 25.7 Å². The van der Waals surface area contributed by atoms with Gasteiger partial charge >= 0.3 is 0 Å². The van der Waals surface area contributed by atoms with Crippen LogP contribution in [-0.4, -0.2) is 25.1 Å². The van der Waals surface area contributed by atoms with Crippen LogP contribution in [-0.2, 0) is 26.8 Å². The highest BCUT2D eigenvalue weighted by atomic mass is 31.2. The average molecular weight is 528 g/mol. The number of carbonyl (C=O) groups is 1. The zero-order valence-corrected chi connectivity index (χ0v) is 23.4. The van der Waals surface area contributed by atoms with E-state index in [2.05, 4.69) is 35.6 Å². The van der Waals surface area contributed by atoms with Crippen molar-refractivity contribution in [2.75, 3.05) is 13.3 Å². The SMILES string of the molecule is CCOP(C)(=O)C(C(=O)Cc1cc2ccccc2cc1CNC1CCCCC1)c1cccc2ccccc12. The quantitative estimate of drug-likeness (QED) is 0.211. The Morgan fingerprint density at radius 1 is 0.895 bits per heavy atom. The Morgan fingerprint density at radius 3 is 2.24 bits per heavy atom. The Balaban J connectivity index is 1.52. The van der Waals surface area contributed by atoms with Gasteiger partial charge < -0.3 is 9.84 Å². The molecule has 0 spiro atoms. The lowest BCUT2D eigenvalue weighted by Crippen LogP contribution is -2.31. The summed E-state index contributed by atoms with van der Waals surface area (Å²) in [6.07, 6.45) is 6.50. The molecule has 0 heterocycles. The summed E-state index contributed by atoms with van der Waals surface area (Å²) in [6.45, 7) is 4.48. The Labute approximate surface area is 226 Å². The number of Topliss-reactive ketones (excluding diaryl/α,β-unsaturated/α-hetero) is 1. The summed E-state index contributed by atoms with van der Waals surface area (Å²) >= 11 is 0. The fourth-order valence-corrected chi connectivity index (χ4v) is 8.02. The van der Waals surface area contributed by atoms with Crippen molar-refractivity contribution in [2.24, 2.45) is 0 Å². The molecular weight excluding hydrogens is 489 g/mol. The molecule has 2 unspecified atom stereocenters. The third-order valence-corrected chi connectivity index (χ3v) is 10.2. The molecule has 0 amide bonds. The molecule has 1 saturated carbocycles. The van der Waals surface area contributed by atoms with E-state index in [1.54, 1.807) is 6.66 Å². The number of fused-ring (bicyclic) bond motifs is 2. The van der Waals surface area contributed by atoms with Gasteiger partial charge in [-0.2, -0.15) is 0 Å². The zero-order valence-electron chi connectivity index (χ0n) is 22.5. The van der Waals surface area contributed by atoms with Crippen LogP contribution in [0.3, 0.4) is 0 Å². The van der Waals surface area contributed by atoms with Crippen molar-refractivity contribution in [3.63, 3.8) is 0 Å². The van der Waals surface area contributed by atoms with E-state index < -0.39 is 13.0 Å². The smallest absolute Gasteiger partial charge is 0.214 e. The highest BCUT2D eigenvalue weighted by molar-refractivity contribution is 7.59. The lowest BCUT2D eigenvalue weighted by molar-refractivity contribution is -0.118. The second kappa shape index (κ2) is 11.9. The first kappa shape index (κ1) is 26.8. The van der Waals surface area contributed by atoms with Crippen molar-refractivity contribution in [2.45, 2.75) is 63.7 Å². The van der Waals surface area contributed by atoms with Crippen molar-refractivity contribution < 1.29 is 13.9 Å². The molecule has 198 valence electrons. The highest BCUT2D eigenvalue weighted by Gasteiger charge is 2.37. The summed E-state index contributed by atoms with van der Waals surface area (Å²) in [5.74, 6) is -0.0603. The topological polar surface area (TPSA) is 55.4 Å². The second-order valence-corrected chi connectivity index (χ2v) is 13.2. The first-order chi connectivity index (χ1) is 18.5. The minimum atomic E-state index is -3.29. The zero-order chi connectivity index (χ0) is 26.5. The van der Waals surface area contributed by atoms with Crippen LogP contribution in [0.2, 0.25) is 0 Å². The molecule has 5 heteroatoms. The third-order valence-electron chi connectivity index (χ3n) is 7.90. The molecule has 1 N–H and O–H groups in total. The van der Waals surface area contributed by atoms with E-state index in [0.717, 1.165) is 39.4 Å². The van der Waals surface area contributed by atoms with E-state index in [1.807, 2.05) is 55.5 Å². The van der Waals surface area contributed by atoms with E-state index in [-0.39, 0.29) is 12.2 Å². The Hall–Kier alpha value is -2.78. The maximum Gasteiger partial charge on any atom is 0.214 e. The summed E-state index contributed by atoms with van der Waals surface area (Å²) < 4.78 is 19.8. The summed E-state index contributed by atoms with van der Waals surface area (Å²) in [5, 5.41) is 8.03. The molecule has 1 aliphatic carbocycles. The molecule has 2 atom stereocenters. The number of carbonyl (C=O) groups excluding carboxylic acids is 1. The number of ketones is 1. The van der Waals surface area contributed by atoms with Crippen molar-refractivity contribution >= 4 is 34.7 Å². The van der Waals surface area contributed by atoms with Crippen molar-refractivity contribution in [1.82, 2.24) is 5.32 Å². The molecule has 0 aromatic heterocycles. The van der Waals surface area contributed by atoms with Gasteiger partial charge in [0.25, 0.3) is 0 Å². The molecule has 5 rings (SSSR count). The van der Waals surface area contributed by atoms with E-state index in [1.165, 1.54) is 37.5 Å². The van der Waals surface area contributed by atoms with Crippen LogP contribution in [0.4, 0.5) is 0 Å². The monoisotopic (exact) mass is 527 g/mol. The van der Waals surface area contributed by atoms with Gasteiger partial charge in [0.05, 0.1) is 6.61 Å². The van der Waals surface area contributed by atoms with Crippen molar-refractivity contribution in [3.05, 3.63) is 95.6 Å². The minimum Gasteiger partial charge on any atom is -0.328 e. The number of nitrogens with one attached hydrogen (secondary N) is 1. The molecule has 38 heavy (non-hydrogen) atoms. The van der Waals surface area contributed by atoms with E-state index >= 15 is 0 Å². The maximum absolute atomic E-state index is 14.2. The molecular formula is C33H38NO3P. The normalized spacial score (nSPS) is 16.9. The van der Waals surface area contributed by atoms with Gasteiger partial charge in [0.15, 0.2) is 5.78 Å². The third kappa shape index (κ3) is 5.94. The molecule has 0 aliphatic heterocycles. The molecule has 4 nitrogen and oxygen atoms in total. The van der Waals surface area contributed by atoms with Crippen molar-refractivity contribution in [3.8, 4) is 0 Å². The Bertz CT molecular complexity index is 1470. The standard InChI is InChI=1S/C33H38NO3P/c1-3-37-38(2,36)33(31-19-11-15-24-12-9-10-18-30(24)31)32(35)22-27-20-25-13-7-8-14-26(25)21-28(27)23-34-29-16-5-4-6-17-29/h7-15,18-21,29,33-34H,3-6,16-17,22-23H2,1-2H3. The van der Waals surface area contributed by atoms with Crippen LogP contribution in [0, 0.1) is 0 Å². The first-order valence-corrected chi connectivity index (χ1v) is 16.1. The van der Waals surface area contributed by atoms with Crippen LogP contribution < -0.4 is 5.32 Å². The lowest BCUT2D eigenvalue weighted by atomic mass is 9.92. The van der Waals surface area contributed by atoms with Gasteiger partial charge in [0.1, 0.15) is 5.66 Å². The van der Waals surface area contributed by atoms with E-state index in [4.69, 9.17) is 4.52 Å². The Kier molecular flexibility index (Phi) is 8.43. The molecule has 1 fully saturated rings. The summed E-state index contributed by atoms with van der Waals surface area (Å²) in [4.78, 5) is 14.2. The van der Waals surface area contributed by atoms with Gasteiger partial charge in [-0.15, -0.1) is 0 Å². The predicted octanol–water partition coefficient (Wildman–Crippen LogP) is 8.21. The van der Waals surface area contributed by atoms with Crippen LogP contribution in [0.1, 0.15) is 61.4 Å². The number of hydrogen-bond donors (Lipinski definition) is 1. The van der Waals surface area contributed by atoms with Crippen LogP contribution >= 0.6 is 7.37 Å². The van der Waals surface area contributed by atoms with Gasteiger partial charge in [-0.1, -0.05) is 92.1 Å². The Morgan fingerprint density at radius 2 is 1.53 bits per heavy atom. The van der Waals surface area contributed by atoms with Crippen LogP contribution in [0.5, 0.6) is 0 Å². The number of benzene rings is 4. The highest BCUT2D eigenvalue weighted by Crippen LogP contribution is 2.58. The first-order valence-electron chi connectivity index (χ1n) is 13.9. The average Bonchev–Trinajstić information content (AvgIpc) is 2.92. The fourth-order valence-electron chi connectivity index (χ4n) is 6.02. The van der Waals surface area contributed by atoms with Gasteiger partial charge in [-0.3, -0.25) is 9.36 Å². The molecule has 4 aromatic carbocycles. The maximum atomic E-state index is 14.2. The van der Waals surface area contributed by atoms with E-state index in [9.17, 15) is 9.36 Å². The van der Waals surface area contributed by atoms with Gasteiger partial charge in [-0.05, 0) is 64.1 Å². The van der Waals surface area contributed by atoms with E-state index in [0.29, 0.717) is 12.6 Å². The molecule has 1 aliphatic rings. The van der Waals surface area contributed by atoms with Gasteiger partial charge in [-0.25, -0.2) is 0 Å². The fraction of sp³-hybridized carbons (Fsp3) is 0.364. The van der Waals surface area contributed by atoms with Crippen LogP contribution in [0.25, 0.3) is 21.5 Å². The summed E-state index contributed by atoms with van der Waals surface area (Å²) in [5.41, 5.74) is 2.11. The molecule has 0 radical (unpaired) electrons. The largest absolute Gasteiger partial charge is 0.328 e. The summed E-state index contributed by atoms with van der Waals surface area (Å²) in [7, 11) is -3.29. The number of rotatable bonds is 10. The minimum absolute atomic E-state index is 0.0603. The van der Waals surface area contributed by atoms with Gasteiger partial charge in [0.2, 0.25) is 7.37 Å². The molecule has 0 saturated heterocycles. The second-order valence-electron chi connectivity index (χ2n) is 10.6.